The molecule has 0 atom stereocenters. The number of rotatable bonds is 2. The summed E-state index contributed by atoms with van der Waals surface area (Å²) in [5, 5.41) is 3.61. The van der Waals surface area contributed by atoms with E-state index < -0.39 is 0 Å². The smallest absolute Gasteiger partial charge is 0.262 e. The highest BCUT2D eigenvalue weighted by atomic mass is 32.2. The second-order valence-electron chi connectivity index (χ2n) is 3.99. The van der Waals surface area contributed by atoms with Crippen LogP contribution in [0.15, 0.2) is 15.3 Å². The molecule has 0 amide bonds. The van der Waals surface area contributed by atoms with Gasteiger partial charge in [0.25, 0.3) is 5.56 Å². The van der Waals surface area contributed by atoms with Gasteiger partial charge >= 0.3 is 0 Å². The van der Waals surface area contributed by atoms with E-state index in [2.05, 4.69) is 18.8 Å². The van der Waals surface area contributed by atoms with Gasteiger partial charge in [0.05, 0.1) is 5.39 Å². The van der Waals surface area contributed by atoms with Gasteiger partial charge in [0.1, 0.15) is 4.83 Å². The first-order valence-electron chi connectivity index (χ1n) is 5.08. The summed E-state index contributed by atoms with van der Waals surface area (Å²) in [6.07, 6.45) is 1.94. The van der Waals surface area contributed by atoms with Gasteiger partial charge in [0.2, 0.25) is 0 Å². The molecule has 0 aliphatic carbocycles. The van der Waals surface area contributed by atoms with E-state index in [0.717, 1.165) is 20.9 Å². The Morgan fingerprint density at radius 1 is 1.50 bits per heavy atom. The van der Waals surface area contributed by atoms with Gasteiger partial charge in [-0.2, -0.15) is 0 Å². The predicted molar refractivity (Wildman–Crippen MR) is 70.7 cm³/mol. The Morgan fingerprint density at radius 2 is 2.19 bits per heavy atom. The lowest BCUT2D eigenvalue weighted by Gasteiger charge is -2.06. The second kappa shape index (κ2) is 4.22. The van der Waals surface area contributed by atoms with Crippen LogP contribution < -0.4 is 5.56 Å². The highest BCUT2D eigenvalue weighted by Gasteiger charge is 2.15. The van der Waals surface area contributed by atoms with Crippen molar-refractivity contribution in [3.63, 3.8) is 0 Å². The summed E-state index contributed by atoms with van der Waals surface area (Å²) in [5.74, 6) is 0.364. The maximum Gasteiger partial charge on any atom is 0.262 e. The highest BCUT2D eigenvalue weighted by molar-refractivity contribution is 7.98. The topological polar surface area (TPSA) is 34.9 Å². The molecule has 0 unspecified atom stereocenters. The number of fused-ring (bicyclic) bond motifs is 1. The minimum atomic E-state index is 0.0688. The first kappa shape index (κ1) is 11.7. The maximum absolute atomic E-state index is 12.2. The number of hydrogen-bond donors (Lipinski definition) is 0. The number of aromatic nitrogens is 2. The van der Waals surface area contributed by atoms with Crippen LogP contribution in [-0.2, 0) is 7.05 Å². The fraction of sp³-hybridized carbons (Fsp3) is 0.455. The van der Waals surface area contributed by atoms with Crippen LogP contribution in [0.3, 0.4) is 0 Å². The zero-order valence-electron chi connectivity index (χ0n) is 9.77. The molecule has 0 saturated carbocycles. The predicted octanol–water partition coefficient (Wildman–Crippen LogP) is 2.84. The number of hydrogen-bond acceptors (Lipinski definition) is 4. The molecule has 0 aliphatic heterocycles. The van der Waals surface area contributed by atoms with E-state index in [1.165, 1.54) is 11.8 Å². The number of thioether (sulfide) groups is 1. The van der Waals surface area contributed by atoms with Crippen molar-refractivity contribution in [3.8, 4) is 0 Å². The third kappa shape index (κ3) is 1.68. The van der Waals surface area contributed by atoms with E-state index in [-0.39, 0.29) is 5.56 Å². The Kier molecular flexibility index (Phi) is 3.08. The van der Waals surface area contributed by atoms with Crippen LogP contribution in [0, 0.1) is 0 Å². The highest BCUT2D eigenvalue weighted by Crippen LogP contribution is 2.28. The molecular weight excluding hydrogens is 240 g/mol. The van der Waals surface area contributed by atoms with Crippen LogP contribution in [-0.4, -0.2) is 15.8 Å². The van der Waals surface area contributed by atoms with E-state index in [9.17, 15) is 4.79 Å². The van der Waals surface area contributed by atoms with Crippen molar-refractivity contribution in [1.29, 1.82) is 0 Å². The summed E-state index contributed by atoms with van der Waals surface area (Å²) >= 11 is 3.06. The molecule has 2 heterocycles. The normalized spacial score (nSPS) is 11.6. The Morgan fingerprint density at radius 3 is 2.75 bits per heavy atom. The molecular formula is C11H14N2OS2. The monoisotopic (exact) mass is 254 g/mol. The van der Waals surface area contributed by atoms with Gasteiger partial charge in [-0.25, -0.2) is 4.98 Å². The number of thiophene rings is 1. The van der Waals surface area contributed by atoms with Crippen molar-refractivity contribution in [2.24, 2.45) is 7.05 Å². The van der Waals surface area contributed by atoms with Crippen molar-refractivity contribution < 1.29 is 0 Å². The van der Waals surface area contributed by atoms with E-state index in [0.29, 0.717) is 5.92 Å². The molecule has 2 rings (SSSR count). The fourth-order valence-electron chi connectivity index (χ4n) is 1.68. The molecule has 0 aliphatic rings. The first-order chi connectivity index (χ1) is 7.56. The van der Waals surface area contributed by atoms with Crippen molar-refractivity contribution in [1.82, 2.24) is 9.55 Å². The van der Waals surface area contributed by atoms with E-state index >= 15 is 0 Å². The second-order valence-corrected chi connectivity index (χ2v) is 5.62. The summed E-state index contributed by atoms with van der Waals surface area (Å²) in [6.45, 7) is 4.20. The number of nitrogens with zero attached hydrogens (tertiary/aromatic N) is 2. The lowest BCUT2D eigenvalue weighted by molar-refractivity contribution is 0.727. The molecule has 0 fully saturated rings. The summed E-state index contributed by atoms with van der Waals surface area (Å²) in [7, 11) is 1.78. The van der Waals surface area contributed by atoms with E-state index in [1.54, 1.807) is 23.0 Å². The molecule has 16 heavy (non-hydrogen) atoms. The van der Waals surface area contributed by atoms with Gasteiger partial charge in [-0.05, 0) is 23.1 Å². The third-order valence-corrected chi connectivity index (χ3v) is 4.23. The molecule has 2 aromatic heterocycles. The molecule has 0 aromatic carbocycles. The van der Waals surface area contributed by atoms with E-state index in [1.807, 2.05) is 11.6 Å². The van der Waals surface area contributed by atoms with Crippen LogP contribution in [0.5, 0.6) is 0 Å². The molecule has 5 heteroatoms. The van der Waals surface area contributed by atoms with Crippen LogP contribution in [0.2, 0.25) is 0 Å². The summed E-state index contributed by atoms with van der Waals surface area (Å²) < 4.78 is 1.63. The molecule has 86 valence electrons. The van der Waals surface area contributed by atoms with Crippen LogP contribution in [0.25, 0.3) is 10.2 Å². The van der Waals surface area contributed by atoms with Crippen molar-refractivity contribution in [3.05, 3.63) is 21.3 Å². The zero-order valence-corrected chi connectivity index (χ0v) is 11.4. The van der Waals surface area contributed by atoms with Gasteiger partial charge in [-0.1, -0.05) is 25.6 Å². The van der Waals surface area contributed by atoms with Crippen molar-refractivity contribution >= 4 is 33.3 Å². The quantitative estimate of drug-likeness (QED) is 0.610. The molecule has 0 N–H and O–H groups in total. The lowest BCUT2D eigenvalue weighted by Crippen LogP contribution is -2.20. The molecule has 3 nitrogen and oxygen atoms in total. The van der Waals surface area contributed by atoms with E-state index in [4.69, 9.17) is 0 Å². The Labute approximate surface area is 103 Å². The third-order valence-electron chi connectivity index (χ3n) is 2.61. The van der Waals surface area contributed by atoms with Gasteiger partial charge < -0.3 is 0 Å². The Balaban J connectivity index is 2.86. The summed E-state index contributed by atoms with van der Waals surface area (Å²) in [6, 6.07) is 0. The molecule has 0 spiro atoms. The Bertz CT molecular complexity index is 583. The van der Waals surface area contributed by atoms with Crippen LogP contribution >= 0.6 is 23.1 Å². The Hall–Kier alpha value is -0.810. The molecule has 0 bridgehead atoms. The summed E-state index contributed by atoms with van der Waals surface area (Å²) in [4.78, 5) is 17.6. The minimum absolute atomic E-state index is 0.0688. The minimum Gasteiger partial charge on any atom is -0.290 e. The first-order valence-corrected chi connectivity index (χ1v) is 7.18. The standard InChI is InChI=1S/C11H14N2OS2/c1-6(2)7-5-16-9-8(7)10(14)13(3)11(12-9)15-4/h5-6H,1-4H3. The average molecular weight is 254 g/mol. The van der Waals surface area contributed by atoms with Gasteiger partial charge in [-0.3, -0.25) is 9.36 Å². The molecule has 0 radical (unpaired) electrons. The average Bonchev–Trinajstić information content (AvgIpc) is 2.67. The van der Waals surface area contributed by atoms with Gasteiger partial charge in [-0.15, -0.1) is 11.3 Å². The molecule has 2 aromatic rings. The van der Waals surface area contributed by atoms with Gasteiger partial charge in [0, 0.05) is 7.05 Å². The van der Waals surface area contributed by atoms with Crippen molar-refractivity contribution in [2.75, 3.05) is 6.26 Å². The zero-order chi connectivity index (χ0) is 11.9. The van der Waals surface area contributed by atoms with Crippen LogP contribution in [0.1, 0.15) is 25.3 Å². The molecule has 0 saturated heterocycles. The maximum atomic E-state index is 12.2. The fourth-order valence-corrected chi connectivity index (χ4v) is 3.37. The summed E-state index contributed by atoms with van der Waals surface area (Å²) in [5.41, 5.74) is 1.18. The SMILES string of the molecule is CSc1nc2scc(C(C)C)c2c(=O)n1C. The van der Waals surface area contributed by atoms with Crippen LogP contribution in [0.4, 0.5) is 0 Å². The van der Waals surface area contributed by atoms with Gasteiger partial charge in [0.15, 0.2) is 5.16 Å². The lowest BCUT2D eigenvalue weighted by atomic mass is 10.0. The van der Waals surface area contributed by atoms with Crippen molar-refractivity contribution in [2.45, 2.75) is 24.9 Å². The largest absolute Gasteiger partial charge is 0.290 e.